The minimum Gasteiger partial charge on any atom is -0.464 e. The second kappa shape index (κ2) is 8.48. The van der Waals surface area contributed by atoms with E-state index in [1.807, 2.05) is 0 Å². The number of ether oxygens (including phenoxy) is 1. The van der Waals surface area contributed by atoms with Crippen LogP contribution in [0.4, 0.5) is 0 Å². The normalized spacial score (nSPS) is 18.2. The zero-order chi connectivity index (χ0) is 13.4. The van der Waals surface area contributed by atoms with Crippen LogP contribution in [-0.4, -0.2) is 43.7 Å². The Balaban J connectivity index is 2.11. The van der Waals surface area contributed by atoms with Crippen LogP contribution in [0, 0.1) is 11.8 Å². The van der Waals surface area contributed by atoms with Gasteiger partial charge in [-0.05, 0) is 50.7 Å². The van der Waals surface area contributed by atoms with Crippen LogP contribution in [0.25, 0.3) is 0 Å². The molecule has 4 nitrogen and oxygen atoms in total. The molecule has 4 heteroatoms. The van der Waals surface area contributed by atoms with E-state index in [0.29, 0.717) is 25.5 Å². The van der Waals surface area contributed by atoms with Crippen molar-refractivity contribution in [2.24, 2.45) is 17.6 Å². The number of esters is 1. The summed E-state index contributed by atoms with van der Waals surface area (Å²) in [6, 6.07) is 0. The fourth-order valence-corrected chi connectivity index (χ4v) is 2.52. The van der Waals surface area contributed by atoms with E-state index in [1.165, 1.54) is 12.8 Å². The first-order chi connectivity index (χ1) is 8.61. The summed E-state index contributed by atoms with van der Waals surface area (Å²) in [5.41, 5.74) is 5.68. The van der Waals surface area contributed by atoms with Crippen LogP contribution in [-0.2, 0) is 9.53 Å². The molecule has 2 N–H and O–H groups in total. The molecule has 0 unspecified atom stereocenters. The van der Waals surface area contributed by atoms with Crippen LogP contribution in [0.2, 0.25) is 0 Å². The van der Waals surface area contributed by atoms with Gasteiger partial charge in [0.15, 0.2) is 0 Å². The lowest BCUT2D eigenvalue weighted by atomic mass is 9.94. The molecule has 0 aromatic rings. The fourth-order valence-electron chi connectivity index (χ4n) is 2.52. The van der Waals surface area contributed by atoms with Crippen LogP contribution < -0.4 is 5.73 Å². The molecule has 1 saturated heterocycles. The molecule has 0 saturated carbocycles. The number of nitrogens with two attached hydrogens (primary N) is 1. The maximum Gasteiger partial charge on any atom is 0.306 e. The van der Waals surface area contributed by atoms with E-state index in [0.717, 1.165) is 26.1 Å². The Kier molecular flexibility index (Phi) is 7.28. The van der Waals surface area contributed by atoms with E-state index in [1.54, 1.807) is 0 Å². The van der Waals surface area contributed by atoms with E-state index in [2.05, 4.69) is 18.7 Å². The van der Waals surface area contributed by atoms with Crippen molar-refractivity contribution in [1.82, 2.24) is 4.90 Å². The predicted octanol–water partition coefficient (Wildman–Crippen LogP) is 1.64. The molecule has 0 spiro atoms. The Bertz CT molecular complexity index is 238. The third kappa shape index (κ3) is 6.36. The Morgan fingerprint density at radius 3 is 2.56 bits per heavy atom. The summed E-state index contributed by atoms with van der Waals surface area (Å²) in [7, 11) is 0. The van der Waals surface area contributed by atoms with E-state index in [9.17, 15) is 4.79 Å². The lowest BCUT2D eigenvalue weighted by molar-refractivity contribution is -0.145. The maximum atomic E-state index is 11.7. The standard InChI is InChI=1S/C14H28N2O2/c1-12(2)9-13(11-15)10-14(17)18-8-7-16-5-3-4-6-16/h12-13H,3-11,15H2,1-2H3/t13-/m0/s1. The molecule has 1 fully saturated rings. The molecule has 0 bridgehead atoms. The van der Waals surface area contributed by atoms with Crippen molar-refractivity contribution in [2.45, 2.75) is 39.5 Å². The van der Waals surface area contributed by atoms with Crippen LogP contribution in [0.3, 0.4) is 0 Å². The minimum absolute atomic E-state index is 0.0923. The number of carbonyl (C=O) groups is 1. The van der Waals surface area contributed by atoms with Gasteiger partial charge < -0.3 is 10.5 Å². The number of nitrogens with zero attached hydrogens (tertiary/aromatic N) is 1. The molecule has 1 atom stereocenters. The van der Waals surface area contributed by atoms with E-state index in [-0.39, 0.29) is 11.9 Å². The van der Waals surface area contributed by atoms with Gasteiger partial charge in [0.25, 0.3) is 0 Å². The third-order valence-electron chi connectivity index (χ3n) is 3.46. The van der Waals surface area contributed by atoms with Gasteiger partial charge in [-0.3, -0.25) is 9.69 Å². The summed E-state index contributed by atoms with van der Waals surface area (Å²) in [5, 5.41) is 0. The molecule has 106 valence electrons. The Labute approximate surface area is 111 Å². The molecular formula is C14H28N2O2. The van der Waals surface area contributed by atoms with Gasteiger partial charge in [-0.2, -0.15) is 0 Å². The number of hydrogen-bond acceptors (Lipinski definition) is 4. The second-order valence-corrected chi connectivity index (χ2v) is 5.70. The SMILES string of the molecule is CC(C)C[C@H](CN)CC(=O)OCCN1CCCC1. The average molecular weight is 256 g/mol. The Morgan fingerprint density at radius 2 is 2.00 bits per heavy atom. The van der Waals surface area contributed by atoms with E-state index < -0.39 is 0 Å². The molecule has 1 heterocycles. The van der Waals surface area contributed by atoms with Gasteiger partial charge in [-0.25, -0.2) is 0 Å². The van der Waals surface area contributed by atoms with Crippen molar-refractivity contribution in [3.05, 3.63) is 0 Å². The quantitative estimate of drug-likeness (QED) is 0.671. The van der Waals surface area contributed by atoms with Gasteiger partial charge in [-0.1, -0.05) is 13.8 Å². The minimum atomic E-state index is -0.0923. The van der Waals surface area contributed by atoms with Crippen molar-refractivity contribution in [3.8, 4) is 0 Å². The van der Waals surface area contributed by atoms with Gasteiger partial charge in [0.1, 0.15) is 6.61 Å². The monoisotopic (exact) mass is 256 g/mol. The molecule has 0 aliphatic carbocycles. The lowest BCUT2D eigenvalue weighted by Crippen LogP contribution is -2.26. The van der Waals surface area contributed by atoms with E-state index in [4.69, 9.17) is 10.5 Å². The highest BCUT2D eigenvalue weighted by molar-refractivity contribution is 5.69. The largest absolute Gasteiger partial charge is 0.464 e. The molecule has 1 aliphatic rings. The first-order valence-corrected chi connectivity index (χ1v) is 7.20. The number of carbonyl (C=O) groups excluding carboxylic acids is 1. The summed E-state index contributed by atoms with van der Waals surface area (Å²) < 4.78 is 5.28. The van der Waals surface area contributed by atoms with Crippen LogP contribution >= 0.6 is 0 Å². The van der Waals surface area contributed by atoms with Gasteiger partial charge in [0.05, 0.1) is 0 Å². The summed E-state index contributed by atoms with van der Waals surface area (Å²) in [4.78, 5) is 14.0. The second-order valence-electron chi connectivity index (χ2n) is 5.70. The van der Waals surface area contributed by atoms with Crippen LogP contribution in [0.15, 0.2) is 0 Å². The molecule has 0 amide bonds. The molecule has 1 aliphatic heterocycles. The molecule has 0 aromatic carbocycles. The van der Waals surface area contributed by atoms with Crippen LogP contribution in [0.5, 0.6) is 0 Å². The molecule has 0 aromatic heterocycles. The number of hydrogen-bond donors (Lipinski definition) is 1. The Morgan fingerprint density at radius 1 is 1.33 bits per heavy atom. The van der Waals surface area contributed by atoms with Crippen LogP contribution in [0.1, 0.15) is 39.5 Å². The smallest absolute Gasteiger partial charge is 0.306 e. The average Bonchev–Trinajstić information content (AvgIpc) is 2.80. The summed E-state index contributed by atoms with van der Waals surface area (Å²) >= 11 is 0. The van der Waals surface area contributed by atoms with Crippen molar-refractivity contribution in [1.29, 1.82) is 0 Å². The zero-order valence-corrected chi connectivity index (χ0v) is 11.9. The highest BCUT2D eigenvalue weighted by atomic mass is 16.5. The summed E-state index contributed by atoms with van der Waals surface area (Å²) in [5.74, 6) is 0.755. The highest BCUT2D eigenvalue weighted by Gasteiger charge is 2.16. The first kappa shape index (κ1) is 15.4. The summed E-state index contributed by atoms with van der Waals surface area (Å²) in [6.07, 6.45) is 4.02. The van der Waals surface area contributed by atoms with E-state index >= 15 is 0 Å². The highest BCUT2D eigenvalue weighted by Crippen LogP contribution is 2.15. The maximum absolute atomic E-state index is 11.7. The topological polar surface area (TPSA) is 55.6 Å². The lowest BCUT2D eigenvalue weighted by Gasteiger charge is -2.17. The molecule has 0 radical (unpaired) electrons. The van der Waals surface area contributed by atoms with Crippen molar-refractivity contribution >= 4 is 5.97 Å². The fraction of sp³-hybridized carbons (Fsp3) is 0.929. The third-order valence-corrected chi connectivity index (χ3v) is 3.46. The molecule has 1 rings (SSSR count). The van der Waals surface area contributed by atoms with Gasteiger partial charge in [0.2, 0.25) is 0 Å². The number of rotatable bonds is 8. The number of likely N-dealkylation sites (tertiary alicyclic amines) is 1. The molecule has 18 heavy (non-hydrogen) atoms. The summed E-state index contributed by atoms with van der Waals surface area (Å²) in [6.45, 7) is 8.58. The van der Waals surface area contributed by atoms with Crippen molar-refractivity contribution in [2.75, 3.05) is 32.8 Å². The van der Waals surface area contributed by atoms with Gasteiger partial charge >= 0.3 is 5.97 Å². The van der Waals surface area contributed by atoms with Crippen molar-refractivity contribution in [3.63, 3.8) is 0 Å². The predicted molar refractivity (Wildman–Crippen MR) is 73.2 cm³/mol. The van der Waals surface area contributed by atoms with Crippen molar-refractivity contribution < 1.29 is 9.53 Å². The van der Waals surface area contributed by atoms with Gasteiger partial charge in [0, 0.05) is 13.0 Å². The zero-order valence-electron chi connectivity index (χ0n) is 11.9. The Hall–Kier alpha value is -0.610. The molecular weight excluding hydrogens is 228 g/mol. The first-order valence-electron chi connectivity index (χ1n) is 7.20. The van der Waals surface area contributed by atoms with Gasteiger partial charge in [-0.15, -0.1) is 0 Å².